The van der Waals surface area contributed by atoms with E-state index in [4.69, 9.17) is 5.11 Å². The number of benzene rings is 1. The van der Waals surface area contributed by atoms with Crippen LogP contribution in [0.5, 0.6) is 0 Å². The maximum absolute atomic E-state index is 10.9. The van der Waals surface area contributed by atoms with E-state index < -0.39 is 16.6 Å². The number of carbonyl (C=O) groups is 1. The molecule has 0 unspecified atom stereocenters. The van der Waals surface area contributed by atoms with E-state index in [1.165, 1.54) is 23.1 Å². The minimum absolute atomic E-state index is 0.312. The monoisotopic (exact) mass is 292 g/mol. The lowest BCUT2D eigenvalue weighted by Gasteiger charge is -2.06. The number of carboxylic acids is 1. The smallest absolute Gasteiger partial charge is 0.342 e. The lowest BCUT2D eigenvalue weighted by molar-refractivity contribution is -0.385. The van der Waals surface area contributed by atoms with Gasteiger partial charge in [-0.2, -0.15) is 0 Å². The van der Waals surface area contributed by atoms with Crippen LogP contribution in [0.25, 0.3) is 0 Å². The van der Waals surface area contributed by atoms with Crippen molar-refractivity contribution in [2.75, 3.05) is 5.32 Å². The van der Waals surface area contributed by atoms with Crippen molar-refractivity contribution in [1.29, 1.82) is 0 Å². The maximum Gasteiger partial charge on any atom is 0.342 e. The molecule has 0 aliphatic rings. The normalized spacial score (nSPS) is 10.2. The van der Waals surface area contributed by atoms with Gasteiger partial charge in [0.05, 0.1) is 4.92 Å². The zero-order valence-electron chi connectivity index (χ0n) is 10.6. The van der Waals surface area contributed by atoms with Gasteiger partial charge in [-0.05, 0) is 31.2 Å². The highest BCUT2D eigenvalue weighted by atomic mass is 32.1. The standard InChI is InChI=1S/C13H12N2O4S/c1-8-2-4-10(20-8)7-14-9-3-5-11(13(16)17)12(6-9)15(18)19/h2-6,14H,7H2,1H3,(H,16,17). The fourth-order valence-electron chi connectivity index (χ4n) is 1.74. The van der Waals surface area contributed by atoms with Crippen molar-refractivity contribution < 1.29 is 14.8 Å². The van der Waals surface area contributed by atoms with E-state index in [0.29, 0.717) is 12.2 Å². The largest absolute Gasteiger partial charge is 0.477 e. The second-order valence-corrected chi connectivity index (χ2v) is 5.53. The van der Waals surface area contributed by atoms with Gasteiger partial charge in [-0.3, -0.25) is 10.1 Å². The average molecular weight is 292 g/mol. The van der Waals surface area contributed by atoms with E-state index in [-0.39, 0.29) is 5.56 Å². The Bertz CT molecular complexity index is 666. The van der Waals surface area contributed by atoms with Gasteiger partial charge in [-0.1, -0.05) is 0 Å². The highest BCUT2D eigenvalue weighted by Crippen LogP contribution is 2.24. The minimum Gasteiger partial charge on any atom is -0.477 e. The molecule has 7 heteroatoms. The molecule has 2 rings (SSSR count). The van der Waals surface area contributed by atoms with Gasteiger partial charge in [0.1, 0.15) is 5.56 Å². The molecule has 20 heavy (non-hydrogen) atoms. The van der Waals surface area contributed by atoms with Gasteiger partial charge in [-0.15, -0.1) is 11.3 Å². The zero-order valence-corrected chi connectivity index (χ0v) is 11.4. The first-order valence-electron chi connectivity index (χ1n) is 5.78. The second-order valence-electron chi connectivity index (χ2n) is 4.16. The molecule has 1 heterocycles. The van der Waals surface area contributed by atoms with E-state index in [0.717, 1.165) is 4.88 Å². The quantitative estimate of drug-likeness (QED) is 0.651. The molecule has 1 aromatic carbocycles. The summed E-state index contributed by atoms with van der Waals surface area (Å²) in [6.45, 7) is 2.54. The number of anilines is 1. The number of carboxylic acid groups (broad SMARTS) is 1. The molecular weight excluding hydrogens is 280 g/mol. The summed E-state index contributed by atoms with van der Waals surface area (Å²) < 4.78 is 0. The van der Waals surface area contributed by atoms with E-state index in [2.05, 4.69) is 5.32 Å². The topological polar surface area (TPSA) is 92.5 Å². The lowest BCUT2D eigenvalue weighted by atomic mass is 10.1. The van der Waals surface area contributed by atoms with Crippen molar-refractivity contribution in [3.05, 3.63) is 55.8 Å². The number of hydrogen-bond acceptors (Lipinski definition) is 5. The van der Waals surface area contributed by atoms with Crippen LogP contribution in [-0.2, 0) is 6.54 Å². The zero-order chi connectivity index (χ0) is 14.7. The van der Waals surface area contributed by atoms with Crippen molar-refractivity contribution in [3.63, 3.8) is 0 Å². The number of nitro groups is 1. The summed E-state index contributed by atoms with van der Waals surface area (Å²) in [5.74, 6) is -1.31. The minimum atomic E-state index is -1.31. The predicted octanol–water partition coefficient (Wildman–Crippen LogP) is 3.28. The Morgan fingerprint density at radius 1 is 1.40 bits per heavy atom. The van der Waals surface area contributed by atoms with Crippen molar-refractivity contribution in [2.45, 2.75) is 13.5 Å². The molecule has 0 atom stereocenters. The Morgan fingerprint density at radius 3 is 2.70 bits per heavy atom. The summed E-state index contributed by atoms with van der Waals surface area (Å²) in [5, 5.41) is 22.8. The molecule has 6 nitrogen and oxygen atoms in total. The first-order valence-corrected chi connectivity index (χ1v) is 6.60. The molecule has 0 saturated heterocycles. The highest BCUT2D eigenvalue weighted by molar-refractivity contribution is 7.11. The Labute approximate surface area is 118 Å². The summed E-state index contributed by atoms with van der Waals surface area (Å²) >= 11 is 1.64. The second kappa shape index (κ2) is 5.70. The van der Waals surface area contributed by atoms with Crippen LogP contribution in [0.2, 0.25) is 0 Å². The van der Waals surface area contributed by atoms with Crippen molar-refractivity contribution in [2.24, 2.45) is 0 Å². The molecule has 0 radical (unpaired) electrons. The van der Waals surface area contributed by atoms with E-state index in [1.807, 2.05) is 19.1 Å². The summed E-state index contributed by atoms with van der Waals surface area (Å²) in [4.78, 5) is 23.4. The first kappa shape index (κ1) is 14.0. The molecule has 1 aromatic heterocycles. The Kier molecular flexibility index (Phi) is 3.99. The number of aromatic carboxylic acids is 1. The van der Waals surface area contributed by atoms with Gasteiger partial charge in [0.15, 0.2) is 0 Å². The number of nitrogens with zero attached hydrogens (tertiary/aromatic N) is 1. The summed E-state index contributed by atoms with van der Waals surface area (Å²) in [7, 11) is 0. The number of rotatable bonds is 5. The number of nitrogens with one attached hydrogen (secondary N) is 1. The predicted molar refractivity (Wildman–Crippen MR) is 76.4 cm³/mol. The Balaban J connectivity index is 2.18. The van der Waals surface area contributed by atoms with Crippen LogP contribution in [-0.4, -0.2) is 16.0 Å². The van der Waals surface area contributed by atoms with Crippen LogP contribution < -0.4 is 5.32 Å². The Hall–Kier alpha value is -2.41. The third kappa shape index (κ3) is 3.12. The molecule has 2 aromatic rings. The molecule has 2 N–H and O–H groups in total. The molecule has 0 aliphatic heterocycles. The number of aryl methyl sites for hydroxylation is 1. The van der Waals surface area contributed by atoms with Crippen LogP contribution in [0.3, 0.4) is 0 Å². The molecular formula is C13H12N2O4S. The fourth-order valence-corrected chi connectivity index (χ4v) is 2.57. The van der Waals surface area contributed by atoms with Gasteiger partial charge in [0.25, 0.3) is 5.69 Å². The van der Waals surface area contributed by atoms with Gasteiger partial charge in [0.2, 0.25) is 0 Å². The molecule has 0 amide bonds. The fraction of sp³-hybridized carbons (Fsp3) is 0.154. The van der Waals surface area contributed by atoms with E-state index in [1.54, 1.807) is 11.3 Å². The summed E-state index contributed by atoms with van der Waals surface area (Å²) in [6.07, 6.45) is 0. The van der Waals surface area contributed by atoms with Crippen molar-refractivity contribution in [3.8, 4) is 0 Å². The van der Waals surface area contributed by atoms with Crippen LogP contribution in [0, 0.1) is 17.0 Å². The van der Waals surface area contributed by atoms with Gasteiger partial charge >= 0.3 is 5.97 Å². The molecule has 0 saturated carbocycles. The number of hydrogen-bond donors (Lipinski definition) is 2. The highest BCUT2D eigenvalue weighted by Gasteiger charge is 2.19. The molecule has 0 bridgehead atoms. The van der Waals surface area contributed by atoms with Crippen LogP contribution in [0.1, 0.15) is 20.1 Å². The third-order valence-corrected chi connectivity index (χ3v) is 3.69. The molecule has 104 valence electrons. The third-order valence-electron chi connectivity index (χ3n) is 2.69. The summed E-state index contributed by atoms with van der Waals surface area (Å²) in [5.41, 5.74) is -0.204. The van der Waals surface area contributed by atoms with E-state index >= 15 is 0 Å². The summed E-state index contributed by atoms with van der Waals surface area (Å²) in [6, 6.07) is 7.98. The molecule has 0 spiro atoms. The van der Waals surface area contributed by atoms with Gasteiger partial charge < -0.3 is 10.4 Å². The molecule has 0 aliphatic carbocycles. The van der Waals surface area contributed by atoms with Gasteiger partial charge in [-0.25, -0.2) is 4.79 Å². The Morgan fingerprint density at radius 2 is 2.15 bits per heavy atom. The lowest BCUT2D eigenvalue weighted by Crippen LogP contribution is -2.04. The van der Waals surface area contributed by atoms with Crippen LogP contribution in [0.4, 0.5) is 11.4 Å². The van der Waals surface area contributed by atoms with Crippen molar-refractivity contribution in [1.82, 2.24) is 0 Å². The number of thiophene rings is 1. The van der Waals surface area contributed by atoms with Crippen molar-refractivity contribution >= 4 is 28.7 Å². The van der Waals surface area contributed by atoms with Gasteiger partial charge in [0, 0.05) is 28.1 Å². The van der Waals surface area contributed by atoms with Crippen LogP contribution in [0.15, 0.2) is 30.3 Å². The molecule has 0 fully saturated rings. The van der Waals surface area contributed by atoms with Crippen LogP contribution >= 0.6 is 11.3 Å². The SMILES string of the molecule is Cc1ccc(CNc2ccc(C(=O)O)c([N+](=O)[O-])c2)s1. The number of nitro benzene ring substituents is 1. The maximum atomic E-state index is 10.9. The average Bonchev–Trinajstić information content (AvgIpc) is 2.81. The first-order chi connectivity index (χ1) is 9.47. The van der Waals surface area contributed by atoms with E-state index in [9.17, 15) is 14.9 Å².